The molecular formula is C14H14ClNO2S. The van der Waals surface area contributed by atoms with Crippen LogP contribution in [0.4, 0.5) is 0 Å². The lowest BCUT2D eigenvalue weighted by Crippen LogP contribution is -2.17. The van der Waals surface area contributed by atoms with Crippen molar-refractivity contribution in [2.45, 2.75) is 19.5 Å². The first-order chi connectivity index (χ1) is 9.06. The Labute approximate surface area is 120 Å². The van der Waals surface area contributed by atoms with Gasteiger partial charge in [0, 0.05) is 17.5 Å². The summed E-state index contributed by atoms with van der Waals surface area (Å²) >= 11 is 7.45. The molecule has 0 fully saturated rings. The van der Waals surface area contributed by atoms with E-state index in [1.54, 1.807) is 29.5 Å². The maximum Gasteiger partial charge on any atom is 0.335 e. The van der Waals surface area contributed by atoms with E-state index in [9.17, 15) is 4.79 Å². The molecule has 2 aromatic rings. The van der Waals surface area contributed by atoms with Crippen LogP contribution in [-0.4, -0.2) is 11.1 Å². The van der Waals surface area contributed by atoms with Crippen molar-refractivity contribution in [3.63, 3.8) is 0 Å². The molecule has 1 aromatic heterocycles. The van der Waals surface area contributed by atoms with E-state index in [1.807, 2.05) is 18.2 Å². The Kier molecular flexibility index (Phi) is 4.58. The van der Waals surface area contributed by atoms with Gasteiger partial charge in [-0.1, -0.05) is 23.7 Å². The molecule has 0 saturated carbocycles. The molecule has 19 heavy (non-hydrogen) atoms. The average molecular weight is 296 g/mol. The zero-order valence-corrected chi connectivity index (χ0v) is 12.0. The third kappa shape index (κ3) is 3.80. The summed E-state index contributed by atoms with van der Waals surface area (Å²) in [5.74, 6) is -0.903. The monoisotopic (exact) mass is 295 g/mol. The average Bonchev–Trinajstić information content (AvgIpc) is 2.83. The molecule has 0 saturated heterocycles. The molecule has 0 bridgehead atoms. The second kappa shape index (κ2) is 6.19. The molecule has 0 amide bonds. The molecular weight excluding hydrogens is 282 g/mol. The number of carboxylic acid groups (broad SMARTS) is 1. The number of carboxylic acids is 1. The van der Waals surface area contributed by atoms with Gasteiger partial charge in [0.15, 0.2) is 0 Å². The summed E-state index contributed by atoms with van der Waals surface area (Å²) in [6, 6.07) is 11.0. The molecule has 0 aliphatic carbocycles. The van der Waals surface area contributed by atoms with E-state index in [-0.39, 0.29) is 6.04 Å². The molecule has 100 valence electrons. The van der Waals surface area contributed by atoms with Crippen LogP contribution in [0.3, 0.4) is 0 Å². The highest BCUT2D eigenvalue weighted by Gasteiger charge is 2.08. The third-order valence-corrected chi connectivity index (χ3v) is 4.22. The van der Waals surface area contributed by atoms with Crippen molar-refractivity contribution >= 4 is 28.9 Å². The fourth-order valence-electron chi connectivity index (χ4n) is 1.75. The quantitative estimate of drug-likeness (QED) is 0.878. The number of benzene rings is 1. The highest BCUT2D eigenvalue weighted by Crippen LogP contribution is 2.26. The Morgan fingerprint density at radius 3 is 2.84 bits per heavy atom. The first kappa shape index (κ1) is 14.1. The lowest BCUT2D eigenvalue weighted by molar-refractivity contribution is 0.0696. The minimum absolute atomic E-state index is 0.186. The van der Waals surface area contributed by atoms with E-state index in [1.165, 1.54) is 4.88 Å². The first-order valence-corrected chi connectivity index (χ1v) is 7.06. The minimum atomic E-state index is -0.903. The van der Waals surface area contributed by atoms with Crippen molar-refractivity contribution in [2.24, 2.45) is 0 Å². The van der Waals surface area contributed by atoms with E-state index in [0.29, 0.717) is 12.1 Å². The first-order valence-electron chi connectivity index (χ1n) is 5.87. The van der Waals surface area contributed by atoms with Crippen LogP contribution in [0.25, 0.3) is 0 Å². The topological polar surface area (TPSA) is 49.3 Å². The molecule has 3 nitrogen and oxygen atoms in total. The highest BCUT2D eigenvalue weighted by molar-refractivity contribution is 7.16. The van der Waals surface area contributed by atoms with Crippen LogP contribution in [0.5, 0.6) is 0 Å². The summed E-state index contributed by atoms with van der Waals surface area (Å²) in [4.78, 5) is 12.0. The van der Waals surface area contributed by atoms with Crippen LogP contribution in [0, 0.1) is 0 Å². The van der Waals surface area contributed by atoms with Gasteiger partial charge in [0.1, 0.15) is 0 Å². The van der Waals surface area contributed by atoms with Crippen molar-refractivity contribution in [1.29, 1.82) is 0 Å². The molecule has 1 atom stereocenters. The molecule has 0 radical (unpaired) electrons. The molecule has 0 aliphatic heterocycles. The minimum Gasteiger partial charge on any atom is -0.478 e. The molecule has 1 aromatic carbocycles. The van der Waals surface area contributed by atoms with E-state index in [4.69, 9.17) is 16.7 Å². The van der Waals surface area contributed by atoms with Crippen LogP contribution >= 0.6 is 22.9 Å². The zero-order valence-electron chi connectivity index (χ0n) is 10.4. The number of hydrogen-bond acceptors (Lipinski definition) is 3. The van der Waals surface area contributed by atoms with Gasteiger partial charge in [-0.3, -0.25) is 0 Å². The zero-order chi connectivity index (χ0) is 13.8. The van der Waals surface area contributed by atoms with E-state index in [0.717, 1.165) is 9.90 Å². The smallest absolute Gasteiger partial charge is 0.335 e. The maximum atomic E-state index is 10.9. The Hall–Kier alpha value is -1.36. The summed E-state index contributed by atoms with van der Waals surface area (Å²) in [7, 11) is 0. The molecule has 5 heteroatoms. The van der Waals surface area contributed by atoms with Gasteiger partial charge in [0.2, 0.25) is 0 Å². The summed E-state index contributed by atoms with van der Waals surface area (Å²) in [6.45, 7) is 2.68. The molecule has 2 rings (SSSR count). The van der Waals surface area contributed by atoms with Gasteiger partial charge >= 0.3 is 5.97 Å². The SMILES string of the molecule is CC(NCc1cccc(C(=O)O)c1)c1ccc(Cl)s1. The number of aromatic carboxylic acids is 1. The van der Waals surface area contributed by atoms with Crippen LogP contribution < -0.4 is 5.32 Å². The van der Waals surface area contributed by atoms with Gasteiger partial charge in [0.25, 0.3) is 0 Å². The maximum absolute atomic E-state index is 10.9. The number of thiophene rings is 1. The van der Waals surface area contributed by atoms with Crippen molar-refractivity contribution in [2.75, 3.05) is 0 Å². The Bertz CT molecular complexity index is 582. The molecule has 1 unspecified atom stereocenters. The van der Waals surface area contributed by atoms with Crippen LogP contribution in [0.15, 0.2) is 36.4 Å². The molecule has 0 aliphatic rings. The van der Waals surface area contributed by atoms with Crippen LogP contribution in [-0.2, 0) is 6.54 Å². The van der Waals surface area contributed by atoms with E-state index in [2.05, 4.69) is 12.2 Å². The van der Waals surface area contributed by atoms with Gasteiger partial charge in [-0.05, 0) is 36.8 Å². The van der Waals surface area contributed by atoms with E-state index >= 15 is 0 Å². The standard InChI is InChI=1S/C14H14ClNO2S/c1-9(12-5-6-13(15)19-12)16-8-10-3-2-4-11(7-10)14(17)18/h2-7,9,16H,8H2,1H3,(H,17,18). The van der Waals surface area contributed by atoms with Gasteiger partial charge in [-0.15, -0.1) is 11.3 Å². The third-order valence-electron chi connectivity index (χ3n) is 2.81. The predicted molar refractivity (Wildman–Crippen MR) is 78.0 cm³/mol. The fourth-order valence-corrected chi connectivity index (χ4v) is 2.83. The van der Waals surface area contributed by atoms with Crippen molar-refractivity contribution in [3.8, 4) is 0 Å². The van der Waals surface area contributed by atoms with E-state index < -0.39 is 5.97 Å². The summed E-state index contributed by atoms with van der Waals surface area (Å²) in [6.07, 6.45) is 0. The molecule has 1 heterocycles. The van der Waals surface area contributed by atoms with Crippen molar-refractivity contribution < 1.29 is 9.90 Å². The Balaban J connectivity index is 1.98. The lowest BCUT2D eigenvalue weighted by atomic mass is 10.1. The number of nitrogens with one attached hydrogen (secondary N) is 1. The van der Waals surface area contributed by atoms with Crippen molar-refractivity contribution in [1.82, 2.24) is 5.32 Å². The highest BCUT2D eigenvalue weighted by atomic mass is 35.5. The summed E-state index contributed by atoms with van der Waals surface area (Å²) in [5.41, 5.74) is 1.26. The van der Waals surface area contributed by atoms with Crippen molar-refractivity contribution in [3.05, 3.63) is 56.7 Å². The summed E-state index contributed by atoms with van der Waals surface area (Å²) in [5, 5.41) is 12.3. The Morgan fingerprint density at radius 1 is 1.42 bits per heavy atom. The second-order valence-corrected chi connectivity index (χ2v) is 6.00. The van der Waals surface area contributed by atoms with Crippen LogP contribution in [0.1, 0.15) is 33.8 Å². The predicted octanol–water partition coefficient (Wildman–Crippen LogP) is 3.95. The van der Waals surface area contributed by atoms with Crippen LogP contribution in [0.2, 0.25) is 4.34 Å². The van der Waals surface area contributed by atoms with Gasteiger partial charge < -0.3 is 10.4 Å². The second-order valence-electron chi connectivity index (χ2n) is 4.25. The Morgan fingerprint density at radius 2 is 2.21 bits per heavy atom. The normalized spacial score (nSPS) is 12.3. The van der Waals surface area contributed by atoms with Gasteiger partial charge in [-0.25, -0.2) is 4.79 Å². The van der Waals surface area contributed by atoms with Gasteiger partial charge in [0.05, 0.1) is 9.90 Å². The fraction of sp³-hybridized carbons (Fsp3) is 0.214. The number of carbonyl (C=O) groups is 1. The largest absolute Gasteiger partial charge is 0.478 e. The van der Waals surface area contributed by atoms with Gasteiger partial charge in [-0.2, -0.15) is 0 Å². The molecule has 2 N–H and O–H groups in total. The molecule has 0 spiro atoms. The number of halogens is 1. The number of hydrogen-bond donors (Lipinski definition) is 2. The lowest BCUT2D eigenvalue weighted by Gasteiger charge is -2.12. The summed E-state index contributed by atoms with van der Waals surface area (Å²) < 4.78 is 0.775. The number of rotatable bonds is 5.